The van der Waals surface area contributed by atoms with Gasteiger partial charge in [-0.05, 0) is 28.1 Å². The van der Waals surface area contributed by atoms with Crippen LogP contribution in [0.1, 0.15) is 0 Å². The van der Waals surface area contributed by atoms with Crippen LogP contribution in [0, 0.1) is 0 Å². The Morgan fingerprint density at radius 1 is 1.41 bits per heavy atom. The molecule has 1 aromatic carbocycles. The summed E-state index contributed by atoms with van der Waals surface area (Å²) in [7, 11) is 1.81. The maximum Gasteiger partial charge on any atom is 0.323 e. The summed E-state index contributed by atoms with van der Waals surface area (Å²) in [5, 5.41) is 11.1. The quantitative estimate of drug-likeness (QED) is 0.592. The number of anilines is 1. The van der Waals surface area contributed by atoms with Crippen LogP contribution in [0.25, 0.3) is 11.0 Å². The molecule has 2 aromatic heterocycles. The molecule has 0 radical (unpaired) electrons. The maximum absolute atomic E-state index is 12.0. The summed E-state index contributed by atoms with van der Waals surface area (Å²) >= 11 is 4.67. The van der Waals surface area contributed by atoms with Crippen LogP contribution in [0.5, 0.6) is 0 Å². The summed E-state index contributed by atoms with van der Waals surface area (Å²) in [5.41, 5.74) is 1.60. The molecule has 3 aromatic rings. The van der Waals surface area contributed by atoms with E-state index < -0.39 is 0 Å². The average Bonchev–Trinajstić information content (AvgIpc) is 3.02. The number of nitrogens with one attached hydrogen (secondary N) is 3. The molecule has 8 nitrogen and oxygen atoms in total. The number of benzene rings is 1. The van der Waals surface area contributed by atoms with Crippen molar-refractivity contribution in [1.29, 1.82) is 0 Å². The highest BCUT2D eigenvalue weighted by molar-refractivity contribution is 9.10. The Morgan fingerprint density at radius 3 is 2.82 bits per heavy atom. The van der Waals surface area contributed by atoms with Crippen LogP contribution >= 0.6 is 27.7 Å². The summed E-state index contributed by atoms with van der Waals surface area (Å²) in [6.45, 7) is 0. The van der Waals surface area contributed by atoms with Crippen LogP contribution in [0.3, 0.4) is 0 Å². The van der Waals surface area contributed by atoms with E-state index in [1.807, 2.05) is 7.05 Å². The number of H-pyrrole nitrogens is 2. The van der Waals surface area contributed by atoms with Gasteiger partial charge in [0.15, 0.2) is 5.16 Å². The predicted molar refractivity (Wildman–Crippen MR) is 87.0 cm³/mol. The fourth-order valence-corrected chi connectivity index (χ4v) is 3.00. The van der Waals surface area contributed by atoms with Gasteiger partial charge in [0, 0.05) is 11.5 Å². The number of thioether (sulfide) groups is 1. The first-order valence-corrected chi connectivity index (χ1v) is 7.99. The lowest BCUT2D eigenvalue weighted by molar-refractivity contribution is -0.113. The molecule has 0 saturated heterocycles. The number of carbonyl (C=O) groups is 1. The highest BCUT2D eigenvalue weighted by Gasteiger charge is 2.11. The number of amides is 1. The van der Waals surface area contributed by atoms with Crippen LogP contribution < -0.4 is 11.0 Å². The van der Waals surface area contributed by atoms with Gasteiger partial charge in [-0.15, -0.1) is 10.2 Å². The molecule has 0 aliphatic heterocycles. The monoisotopic (exact) mass is 382 g/mol. The Bertz CT molecular complexity index is 899. The van der Waals surface area contributed by atoms with E-state index in [-0.39, 0.29) is 17.3 Å². The number of nitrogens with zero attached hydrogens (tertiary/aromatic N) is 3. The molecule has 10 heteroatoms. The lowest BCUT2D eigenvalue weighted by Gasteiger charge is -2.07. The van der Waals surface area contributed by atoms with Crippen molar-refractivity contribution in [1.82, 2.24) is 24.7 Å². The first-order valence-electron chi connectivity index (χ1n) is 6.21. The van der Waals surface area contributed by atoms with Gasteiger partial charge in [-0.25, -0.2) is 4.79 Å². The minimum absolute atomic E-state index is 0.175. The Morgan fingerprint density at radius 2 is 2.14 bits per heavy atom. The third-order valence-electron chi connectivity index (χ3n) is 2.88. The summed E-state index contributed by atoms with van der Waals surface area (Å²) in [6.07, 6.45) is 1.58. The van der Waals surface area contributed by atoms with Crippen molar-refractivity contribution < 1.29 is 4.79 Å². The van der Waals surface area contributed by atoms with Crippen LogP contribution in [-0.4, -0.2) is 36.4 Å². The van der Waals surface area contributed by atoms with E-state index in [1.165, 1.54) is 11.8 Å². The molecule has 3 rings (SSSR count). The van der Waals surface area contributed by atoms with Gasteiger partial charge in [0.2, 0.25) is 5.91 Å². The van der Waals surface area contributed by atoms with E-state index in [4.69, 9.17) is 0 Å². The molecule has 22 heavy (non-hydrogen) atoms. The van der Waals surface area contributed by atoms with Gasteiger partial charge >= 0.3 is 5.69 Å². The Kier molecular flexibility index (Phi) is 4.03. The molecule has 0 aliphatic rings. The van der Waals surface area contributed by atoms with Gasteiger partial charge in [-0.3, -0.25) is 4.79 Å². The zero-order valence-corrected chi connectivity index (χ0v) is 13.8. The third-order valence-corrected chi connectivity index (χ3v) is 4.57. The number of aromatic amines is 2. The molecule has 2 heterocycles. The standard InChI is InChI=1S/C12H11BrN6O2S/c1-19-5-14-18-12(19)22-4-10(20)15-7-3-9-8(2-6(7)13)16-11(21)17-9/h2-3,5H,4H2,1H3,(H,15,20)(H2,16,17,21). The number of hydrogen-bond acceptors (Lipinski definition) is 5. The number of aryl methyl sites for hydroxylation is 1. The average molecular weight is 383 g/mol. The second-order valence-corrected chi connectivity index (χ2v) is 6.31. The zero-order valence-electron chi connectivity index (χ0n) is 11.4. The van der Waals surface area contributed by atoms with Crippen molar-refractivity contribution in [3.8, 4) is 0 Å². The number of halogens is 1. The molecule has 0 atom stereocenters. The van der Waals surface area contributed by atoms with Gasteiger partial charge in [0.05, 0.1) is 22.5 Å². The molecule has 0 fully saturated rings. The first-order chi connectivity index (χ1) is 10.5. The SMILES string of the molecule is Cn1cnnc1SCC(=O)Nc1cc2[nH]c(=O)[nH]c2cc1Br. The number of aromatic nitrogens is 5. The highest BCUT2D eigenvalue weighted by Crippen LogP contribution is 2.26. The molecule has 0 bridgehead atoms. The van der Waals surface area contributed by atoms with Crippen LogP contribution in [0.15, 0.2) is 32.9 Å². The van der Waals surface area contributed by atoms with Crippen molar-refractivity contribution in [2.45, 2.75) is 5.16 Å². The fourth-order valence-electron chi connectivity index (χ4n) is 1.87. The Hall–Kier alpha value is -2.07. The molecule has 1 amide bonds. The molecule has 0 saturated carbocycles. The van der Waals surface area contributed by atoms with E-state index in [0.717, 1.165) is 0 Å². The topological polar surface area (TPSA) is 108 Å². The normalized spacial score (nSPS) is 11.0. The minimum Gasteiger partial charge on any atom is -0.324 e. The van der Waals surface area contributed by atoms with Crippen molar-refractivity contribution in [3.05, 3.63) is 33.4 Å². The molecular formula is C12H11BrN6O2S. The van der Waals surface area contributed by atoms with Crippen LogP contribution in [0.2, 0.25) is 0 Å². The number of carbonyl (C=O) groups excluding carboxylic acids is 1. The lowest BCUT2D eigenvalue weighted by Crippen LogP contribution is -2.14. The van der Waals surface area contributed by atoms with Gasteiger partial charge < -0.3 is 19.9 Å². The Balaban J connectivity index is 1.72. The molecular weight excluding hydrogens is 372 g/mol. The summed E-state index contributed by atoms with van der Waals surface area (Å²) in [4.78, 5) is 28.6. The molecule has 3 N–H and O–H groups in total. The first kappa shape index (κ1) is 14.9. The summed E-state index contributed by atoms with van der Waals surface area (Å²) < 4.78 is 2.43. The van der Waals surface area contributed by atoms with Gasteiger partial charge in [0.1, 0.15) is 6.33 Å². The summed E-state index contributed by atoms with van der Waals surface area (Å²) in [5.74, 6) is 0.0339. The van der Waals surface area contributed by atoms with E-state index in [2.05, 4.69) is 41.4 Å². The summed E-state index contributed by atoms with van der Waals surface area (Å²) in [6, 6.07) is 3.43. The van der Waals surface area contributed by atoms with Crippen molar-refractivity contribution in [2.75, 3.05) is 11.1 Å². The lowest BCUT2D eigenvalue weighted by atomic mass is 10.3. The molecule has 0 spiro atoms. The number of hydrogen-bond donors (Lipinski definition) is 3. The smallest absolute Gasteiger partial charge is 0.323 e. The van der Waals surface area contributed by atoms with Crippen molar-refractivity contribution >= 4 is 50.3 Å². The molecule has 0 aliphatic carbocycles. The van der Waals surface area contributed by atoms with Crippen molar-refractivity contribution in [2.24, 2.45) is 7.05 Å². The minimum atomic E-state index is -0.289. The number of imidazole rings is 1. The van der Waals surface area contributed by atoms with Gasteiger partial charge in [-0.2, -0.15) is 0 Å². The number of rotatable bonds is 4. The fraction of sp³-hybridized carbons (Fsp3) is 0.167. The van der Waals surface area contributed by atoms with Gasteiger partial charge in [0.25, 0.3) is 0 Å². The van der Waals surface area contributed by atoms with E-state index in [0.29, 0.717) is 26.3 Å². The van der Waals surface area contributed by atoms with Crippen LogP contribution in [-0.2, 0) is 11.8 Å². The zero-order chi connectivity index (χ0) is 15.7. The van der Waals surface area contributed by atoms with Crippen molar-refractivity contribution in [3.63, 3.8) is 0 Å². The largest absolute Gasteiger partial charge is 0.324 e. The highest BCUT2D eigenvalue weighted by atomic mass is 79.9. The number of fused-ring (bicyclic) bond motifs is 1. The Labute approximate surface area is 136 Å². The second-order valence-electron chi connectivity index (χ2n) is 4.52. The second kappa shape index (κ2) is 5.97. The van der Waals surface area contributed by atoms with E-state index in [1.54, 1.807) is 23.0 Å². The molecule has 0 unspecified atom stereocenters. The van der Waals surface area contributed by atoms with E-state index in [9.17, 15) is 9.59 Å². The van der Waals surface area contributed by atoms with Crippen LogP contribution in [0.4, 0.5) is 5.69 Å². The maximum atomic E-state index is 12.0. The van der Waals surface area contributed by atoms with Gasteiger partial charge in [-0.1, -0.05) is 11.8 Å². The molecule has 114 valence electrons. The predicted octanol–water partition coefficient (Wildman–Crippen LogP) is 1.48. The van der Waals surface area contributed by atoms with E-state index >= 15 is 0 Å². The third kappa shape index (κ3) is 3.07.